The highest BCUT2D eigenvalue weighted by Gasteiger charge is 2.06. The quantitative estimate of drug-likeness (QED) is 0.738. The third-order valence-electron chi connectivity index (χ3n) is 2.05. The average molecular weight is 219 g/mol. The predicted molar refractivity (Wildman–Crippen MR) is 59.4 cm³/mol. The maximum atomic E-state index is 11.7. The summed E-state index contributed by atoms with van der Waals surface area (Å²) in [6.07, 6.45) is 1.63. The second kappa shape index (κ2) is 4.23. The standard InChI is InChI=1S/C11H9NO2S/c13-10(9-4-2-1-3-5-9)8-12-6-7-15-11(12)14/h1-7H,8H2. The van der Waals surface area contributed by atoms with E-state index in [1.807, 2.05) is 18.2 Å². The number of ketones is 1. The molecule has 0 saturated carbocycles. The number of aromatic nitrogens is 1. The van der Waals surface area contributed by atoms with Crippen molar-refractivity contribution in [3.63, 3.8) is 0 Å². The van der Waals surface area contributed by atoms with Crippen LogP contribution in [0.2, 0.25) is 0 Å². The summed E-state index contributed by atoms with van der Waals surface area (Å²) in [6, 6.07) is 8.97. The number of hydrogen-bond donors (Lipinski definition) is 0. The van der Waals surface area contributed by atoms with Gasteiger partial charge in [-0.25, -0.2) is 0 Å². The Balaban J connectivity index is 2.18. The van der Waals surface area contributed by atoms with E-state index in [2.05, 4.69) is 0 Å². The minimum absolute atomic E-state index is 0.0453. The van der Waals surface area contributed by atoms with E-state index in [1.54, 1.807) is 23.7 Å². The Labute approximate surface area is 90.6 Å². The lowest BCUT2D eigenvalue weighted by molar-refractivity contribution is 0.0971. The fourth-order valence-electron chi connectivity index (χ4n) is 1.28. The molecule has 0 aliphatic carbocycles. The SMILES string of the molecule is O=C(Cn1ccsc1=O)c1ccccc1. The van der Waals surface area contributed by atoms with Gasteiger partial charge < -0.3 is 0 Å². The van der Waals surface area contributed by atoms with Gasteiger partial charge in [0.05, 0.1) is 6.54 Å². The number of benzene rings is 1. The second-order valence-corrected chi connectivity index (χ2v) is 3.94. The van der Waals surface area contributed by atoms with Crippen LogP contribution in [0.25, 0.3) is 0 Å². The molecule has 2 rings (SSSR count). The molecule has 0 aliphatic rings. The molecule has 0 radical (unpaired) electrons. The Hall–Kier alpha value is -1.68. The van der Waals surface area contributed by atoms with Gasteiger partial charge >= 0.3 is 4.87 Å². The summed E-state index contributed by atoms with van der Waals surface area (Å²) >= 11 is 1.10. The first-order chi connectivity index (χ1) is 7.27. The highest BCUT2D eigenvalue weighted by Crippen LogP contribution is 2.01. The smallest absolute Gasteiger partial charge is 0.298 e. The molecule has 1 aromatic carbocycles. The summed E-state index contributed by atoms with van der Waals surface area (Å²) in [6.45, 7) is 0.117. The van der Waals surface area contributed by atoms with Crippen LogP contribution in [0.1, 0.15) is 10.4 Å². The van der Waals surface area contributed by atoms with Crippen molar-refractivity contribution in [1.82, 2.24) is 4.57 Å². The largest absolute Gasteiger partial charge is 0.307 e. The summed E-state index contributed by atoms with van der Waals surface area (Å²) in [5.74, 6) is -0.0453. The maximum Gasteiger partial charge on any atom is 0.307 e. The molecule has 1 heterocycles. The molecule has 4 heteroatoms. The van der Waals surface area contributed by atoms with Gasteiger partial charge in [-0.1, -0.05) is 41.7 Å². The fraction of sp³-hybridized carbons (Fsp3) is 0.0909. The third kappa shape index (κ3) is 2.22. The van der Waals surface area contributed by atoms with Crippen LogP contribution in [0.15, 0.2) is 46.7 Å². The van der Waals surface area contributed by atoms with Crippen molar-refractivity contribution in [3.8, 4) is 0 Å². The topological polar surface area (TPSA) is 39.1 Å². The molecule has 0 fully saturated rings. The van der Waals surface area contributed by atoms with E-state index in [0.717, 1.165) is 11.3 Å². The molecule has 2 aromatic rings. The van der Waals surface area contributed by atoms with Crippen LogP contribution in [-0.2, 0) is 6.54 Å². The molecule has 0 unspecified atom stereocenters. The van der Waals surface area contributed by atoms with Crippen LogP contribution in [0.5, 0.6) is 0 Å². The Kier molecular flexibility index (Phi) is 2.78. The zero-order valence-corrected chi connectivity index (χ0v) is 8.74. The van der Waals surface area contributed by atoms with E-state index in [-0.39, 0.29) is 17.2 Å². The van der Waals surface area contributed by atoms with Crippen LogP contribution >= 0.6 is 11.3 Å². The maximum absolute atomic E-state index is 11.7. The van der Waals surface area contributed by atoms with Crippen molar-refractivity contribution in [2.45, 2.75) is 6.54 Å². The van der Waals surface area contributed by atoms with Gasteiger partial charge in [-0.05, 0) is 0 Å². The number of carbonyl (C=O) groups is 1. The summed E-state index contributed by atoms with van der Waals surface area (Å²) in [7, 11) is 0. The summed E-state index contributed by atoms with van der Waals surface area (Å²) in [4.78, 5) is 22.8. The lowest BCUT2D eigenvalue weighted by Crippen LogP contribution is -2.18. The Morgan fingerprint density at radius 3 is 2.60 bits per heavy atom. The van der Waals surface area contributed by atoms with Gasteiger partial charge in [0.15, 0.2) is 5.78 Å². The van der Waals surface area contributed by atoms with E-state index in [1.165, 1.54) is 4.57 Å². The van der Waals surface area contributed by atoms with Crippen LogP contribution in [0.3, 0.4) is 0 Å². The zero-order chi connectivity index (χ0) is 10.7. The van der Waals surface area contributed by atoms with Crippen LogP contribution < -0.4 is 4.87 Å². The first-order valence-electron chi connectivity index (χ1n) is 4.49. The molecule has 76 valence electrons. The Bertz CT molecular complexity index is 513. The van der Waals surface area contributed by atoms with Crippen LogP contribution in [0, 0.1) is 0 Å². The third-order valence-corrected chi connectivity index (χ3v) is 2.75. The molecular formula is C11H9NO2S. The van der Waals surface area contributed by atoms with Crippen molar-refractivity contribution in [2.75, 3.05) is 0 Å². The van der Waals surface area contributed by atoms with E-state index in [0.29, 0.717) is 5.56 Å². The molecule has 0 amide bonds. The number of nitrogens with zero attached hydrogens (tertiary/aromatic N) is 1. The highest BCUT2D eigenvalue weighted by atomic mass is 32.1. The molecule has 0 atom stereocenters. The molecule has 0 spiro atoms. The molecule has 15 heavy (non-hydrogen) atoms. The lowest BCUT2D eigenvalue weighted by Gasteiger charge is -2.00. The number of Topliss-reactive ketones (excluding diaryl/α,β-unsaturated/α-hetero) is 1. The predicted octanol–water partition coefficient (Wildman–Crippen LogP) is 1.79. The van der Waals surface area contributed by atoms with Crippen molar-refractivity contribution in [1.29, 1.82) is 0 Å². The minimum atomic E-state index is -0.0979. The first kappa shape index (κ1) is 9.86. The highest BCUT2D eigenvalue weighted by molar-refractivity contribution is 7.07. The first-order valence-corrected chi connectivity index (χ1v) is 5.37. The average Bonchev–Trinajstić information content (AvgIpc) is 2.66. The van der Waals surface area contributed by atoms with Crippen molar-refractivity contribution in [3.05, 3.63) is 57.1 Å². The minimum Gasteiger partial charge on any atom is -0.298 e. The monoisotopic (exact) mass is 219 g/mol. The van der Waals surface area contributed by atoms with Crippen molar-refractivity contribution >= 4 is 17.1 Å². The van der Waals surface area contributed by atoms with Gasteiger partial charge in [0, 0.05) is 17.1 Å². The second-order valence-electron chi connectivity index (χ2n) is 3.09. The fourth-order valence-corrected chi connectivity index (χ4v) is 1.86. The normalized spacial score (nSPS) is 10.1. The van der Waals surface area contributed by atoms with Crippen LogP contribution in [-0.4, -0.2) is 10.4 Å². The van der Waals surface area contributed by atoms with E-state index in [9.17, 15) is 9.59 Å². The summed E-state index contributed by atoms with van der Waals surface area (Å²) < 4.78 is 1.42. The van der Waals surface area contributed by atoms with Crippen molar-refractivity contribution in [2.24, 2.45) is 0 Å². The number of thiazole rings is 1. The molecule has 0 saturated heterocycles. The van der Waals surface area contributed by atoms with Gasteiger partial charge in [0.2, 0.25) is 0 Å². The van der Waals surface area contributed by atoms with Crippen LogP contribution in [0.4, 0.5) is 0 Å². The van der Waals surface area contributed by atoms with Gasteiger partial charge in [-0.2, -0.15) is 0 Å². The molecule has 1 aromatic heterocycles. The van der Waals surface area contributed by atoms with Crippen molar-refractivity contribution < 1.29 is 4.79 Å². The van der Waals surface area contributed by atoms with Gasteiger partial charge in [0.25, 0.3) is 0 Å². The molecule has 0 aliphatic heterocycles. The lowest BCUT2D eigenvalue weighted by atomic mass is 10.1. The molecule has 3 nitrogen and oxygen atoms in total. The van der Waals surface area contributed by atoms with Gasteiger partial charge in [-0.15, -0.1) is 0 Å². The summed E-state index contributed by atoms with van der Waals surface area (Å²) in [5, 5.41) is 1.68. The molecular weight excluding hydrogens is 210 g/mol. The van der Waals surface area contributed by atoms with E-state index < -0.39 is 0 Å². The Morgan fingerprint density at radius 2 is 2.00 bits per heavy atom. The van der Waals surface area contributed by atoms with Gasteiger partial charge in [0.1, 0.15) is 0 Å². The van der Waals surface area contributed by atoms with Gasteiger partial charge in [-0.3, -0.25) is 14.2 Å². The van der Waals surface area contributed by atoms with E-state index in [4.69, 9.17) is 0 Å². The van der Waals surface area contributed by atoms with E-state index >= 15 is 0 Å². The number of carbonyl (C=O) groups excluding carboxylic acids is 1. The number of hydrogen-bond acceptors (Lipinski definition) is 3. The molecule has 0 N–H and O–H groups in total. The zero-order valence-electron chi connectivity index (χ0n) is 7.92. The Morgan fingerprint density at radius 1 is 1.27 bits per heavy atom. The molecule has 0 bridgehead atoms. The summed E-state index contributed by atoms with van der Waals surface area (Å²) in [5.41, 5.74) is 0.635. The number of rotatable bonds is 3.